The molecule has 5 nitrogen and oxygen atoms in total. The van der Waals surface area contributed by atoms with Crippen molar-refractivity contribution in [3.63, 3.8) is 0 Å². The number of nitrogens with two attached hydrogens (primary N) is 1. The lowest BCUT2D eigenvalue weighted by Crippen LogP contribution is -2.45. The average Bonchev–Trinajstić information content (AvgIpc) is 2.84. The van der Waals surface area contributed by atoms with Crippen LogP contribution in [0, 0.1) is 5.92 Å². The molecule has 1 aromatic carbocycles. The summed E-state index contributed by atoms with van der Waals surface area (Å²) < 4.78 is 0. The highest BCUT2D eigenvalue weighted by Gasteiger charge is 2.23. The fraction of sp³-hybridized carbons (Fsp3) is 0.500. The molecule has 0 aliphatic carbocycles. The number of carbonyl (C=O) groups excluding carboxylic acids is 2. The number of carbonyl (C=O) groups is 2. The van der Waals surface area contributed by atoms with Crippen molar-refractivity contribution in [3.05, 3.63) is 29.3 Å². The Balaban J connectivity index is 0.00000242. The molecule has 1 aromatic rings. The fourth-order valence-corrected chi connectivity index (χ4v) is 2.42. The number of amides is 2. The SMILES string of the molecule is CCC(C)C(N)C(=O)NC(C)c1ccc2c(c1)CC(=O)N2.Cl. The molecule has 0 saturated heterocycles. The summed E-state index contributed by atoms with van der Waals surface area (Å²) in [6, 6.07) is 5.15. The second-order valence-electron chi connectivity index (χ2n) is 5.78. The molecule has 1 aliphatic heterocycles. The quantitative estimate of drug-likeness (QED) is 0.775. The van der Waals surface area contributed by atoms with Crippen LogP contribution in [0.15, 0.2) is 18.2 Å². The largest absolute Gasteiger partial charge is 0.348 e. The highest BCUT2D eigenvalue weighted by Crippen LogP contribution is 2.26. The van der Waals surface area contributed by atoms with Crippen molar-refractivity contribution in [2.24, 2.45) is 11.7 Å². The summed E-state index contributed by atoms with van der Waals surface area (Å²) in [7, 11) is 0. The maximum Gasteiger partial charge on any atom is 0.237 e. The van der Waals surface area contributed by atoms with Crippen LogP contribution in [0.25, 0.3) is 0 Å². The molecule has 22 heavy (non-hydrogen) atoms. The molecular formula is C16H24ClN3O2. The van der Waals surface area contributed by atoms with E-state index >= 15 is 0 Å². The van der Waals surface area contributed by atoms with Gasteiger partial charge in [0.15, 0.2) is 0 Å². The minimum absolute atomic E-state index is 0. The molecule has 2 amide bonds. The molecule has 6 heteroatoms. The molecule has 0 spiro atoms. The van der Waals surface area contributed by atoms with Crippen molar-refractivity contribution in [1.29, 1.82) is 0 Å². The monoisotopic (exact) mass is 325 g/mol. The van der Waals surface area contributed by atoms with Gasteiger partial charge < -0.3 is 16.4 Å². The summed E-state index contributed by atoms with van der Waals surface area (Å²) in [6.45, 7) is 5.92. The van der Waals surface area contributed by atoms with Crippen LogP contribution in [0.3, 0.4) is 0 Å². The standard InChI is InChI=1S/C16H23N3O2.ClH/c1-4-9(2)15(17)16(21)18-10(3)11-5-6-13-12(7-11)8-14(20)19-13;/h5-7,9-10,15H,4,8,17H2,1-3H3,(H,18,21)(H,19,20);1H. The van der Waals surface area contributed by atoms with E-state index in [0.29, 0.717) is 6.42 Å². The molecule has 1 heterocycles. The maximum absolute atomic E-state index is 12.1. The Hall–Kier alpha value is -1.59. The molecule has 0 saturated carbocycles. The van der Waals surface area contributed by atoms with E-state index < -0.39 is 6.04 Å². The zero-order chi connectivity index (χ0) is 15.6. The van der Waals surface area contributed by atoms with Crippen molar-refractivity contribution in [2.75, 3.05) is 5.32 Å². The first kappa shape index (κ1) is 18.5. The lowest BCUT2D eigenvalue weighted by Gasteiger charge is -2.21. The number of hydrogen-bond donors (Lipinski definition) is 3. The number of rotatable bonds is 5. The van der Waals surface area contributed by atoms with E-state index in [4.69, 9.17) is 5.73 Å². The van der Waals surface area contributed by atoms with Crippen LogP contribution in [0.4, 0.5) is 5.69 Å². The highest BCUT2D eigenvalue weighted by atomic mass is 35.5. The van der Waals surface area contributed by atoms with Gasteiger partial charge in [0.05, 0.1) is 18.5 Å². The summed E-state index contributed by atoms with van der Waals surface area (Å²) in [5.74, 6) is 0.0308. The normalized spacial score (nSPS) is 16.8. The third-order valence-electron chi connectivity index (χ3n) is 4.17. The van der Waals surface area contributed by atoms with Gasteiger partial charge in [-0.05, 0) is 30.0 Å². The molecule has 4 N–H and O–H groups in total. The minimum atomic E-state index is -0.491. The average molecular weight is 326 g/mol. The molecular weight excluding hydrogens is 302 g/mol. The highest BCUT2D eigenvalue weighted by molar-refractivity contribution is 5.99. The van der Waals surface area contributed by atoms with Crippen molar-refractivity contribution >= 4 is 29.9 Å². The van der Waals surface area contributed by atoms with Gasteiger partial charge in [0, 0.05) is 5.69 Å². The maximum atomic E-state index is 12.1. The molecule has 0 bridgehead atoms. The summed E-state index contributed by atoms with van der Waals surface area (Å²) in [5, 5.41) is 5.74. The van der Waals surface area contributed by atoms with Gasteiger partial charge in [0.1, 0.15) is 0 Å². The van der Waals surface area contributed by atoms with E-state index in [1.54, 1.807) is 0 Å². The number of nitrogens with one attached hydrogen (secondary N) is 2. The van der Waals surface area contributed by atoms with Crippen molar-refractivity contribution in [2.45, 2.75) is 45.7 Å². The smallest absolute Gasteiger partial charge is 0.237 e. The Morgan fingerprint density at radius 1 is 1.41 bits per heavy atom. The van der Waals surface area contributed by atoms with Crippen LogP contribution in [0.5, 0.6) is 0 Å². The second kappa shape index (κ2) is 7.61. The predicted octanol–water partition coefficient (Wildman–Crippen LogP) is 2.15. The van der Waals surface area contributed by atoms with Crippen LogP contribution >= 0.6 is 12.4 Å². The van der Waals surface area contributed by atoms with Crippen LogP contribution in [-0.2, 0) is 16.0 Å². The lowest BCUT2D eigenvalue weighted by atomic mass is 9.98. The molecule has 0 radical (unpaired) electrons. The molecule has 122 valence electrons. The first-order valence-electron chi connectivity index (χ1n) is 7.41. The fourth-order valence-electron chi connectivity index (χ4n) is 2.42. The Labute approximate surface area is 137 Å². The summed E-state index contributed by atoms with van der Waals surface area (Å²) >= 11 is 0. The van der Waals surface area contributed by atoms with Crippen LogP contribution in [0.1, 0.15) is 44.4 Å². The topological polar surface area (TPSA) is 84.2 Å². The van der Waals surface area contributed by atoms with Crippen LogP contribution < -0.4 is 16.4 Å². The minimum Gasteiger partial charge on any atom is -0.348 e. The zero-order valence-corrected chi connectivity index (χ0v) is 14.0. The van der Waals surface area contributed by atoms with Gasteiger partial charge in [-0.25, -0.2) is 0 Å². The molecule has 2 rings (SSSR count). The van der Waals surface area contributed by atoms with Gasteiger partial charge in [-0.3, -0.25) is 9.59 Å². The number of fused-ring (bicyclic) bond motifs is 1. The molecule has 3 unspecified atom stereocenters. The number of halogens is 1. The number of hydrogen-bond acceptors (Lipinski definition) is 3. The van der Waals surface area contributed by atoms with E-state index in [1.807, 2.05) is 39.0 Å². The Morgan fingerprint density at radius 2 is 2.09 bits per heavy atom. The Kier molecular flexibility index (Phi) is 6.38. The van der Waals surface area contributed by atoms with E-state index in [0.717, 1.165) is 23.2 Å². The zero-order valence-electron chi connectivity index (χ0n) is 13.2. The molecule has 1 aliphatic rings. The van der Waals surface area contributed by atoms with Gasteiger partial charge in [-0.15, -0.1) is 12.4 Å². The van der Waals surface area contributed by atoms with Crippen molar-refractivity contribution in [1.82, 2.24) is 5.32 Å². The summed E-state index contributed by atoms with van der Waals surface area (Å²) in [6.07, 6.45) is 1.27. The van der Waals surface area contributed by atoms with Crippen molar-refractivity contribution in [3.8, 4) is 0 Å². The van der Waals surface area contributed by atoms with E-state index in [1.165, 1.54) is 0 Å². The van der Waals surface area contributed by atoms with Gasteiger partial charge in [0.2, 0.25) is 11.8 Å². The van der Waals surface area contributed by atoms with Crippen molar-refractivity contribution < 1.29 is 9.59 Å². The Morgan fingerprint density at radius 3 is 2.73 bits per heavy atom. The van der Waals surface area contributed by atoms with Gasteiger partial charge in [0.25, 0.3) is 0 Å². The van der Waals surface area contributed by atoms with E-state index in [9.17, 15) is 9.59 Å². The van der Waals surface area contributed by atoms with Crippen LogP contribution in [-0.4, -0.2) is 17.9 Å². The third kappa shape index (κ3) is 3.99. The van der Waals surface area contributed by atoms with Gasteiger partial charge >= 0.3 is 0 Å². The van der Waals surface area contributed by atoms with Gasteiger partial charge in [-0.2, -0.15) is 0 Å². The second-order valence-corrected chi connectivity index (χ2v) is 5.78. The van der Waals surface area contributed by atoms with Gasteiger partial charge in [-0.1, -0.05) is 32.4 Å². The first-order valence-corrected chi connectivity index (χ1v) is 7.41. The molecule has 0 fully saturated rings. The first-order chi connectivity index (χ1) is 9.92. The number of benzene rings is 1. The van der Waals surface area contributed by atoms with Crippen LogP contribution in [0.2, 0.25) is 0 Å². The number of anilines is 1. The van der Waals surface area contributed by atoms with E-state index in [2.05, 4.69) is 10.6 Å². The van der Waals surface area contributed by atoms with E-state index in [-0.39, 0.29) is 36.2 Å². The lowest BCUT2D eigenvalue weighted by molar-refractivity contribution is -0.124. The third-order valence-corrected chi connectivity index (χ3v) is 4.17. The molecule has 0 aromatic heterocycles. The predicted molar refractivity (Wildman–Crippen MR) is 90.0 cm³/mol. The molecule has 3 atom stereocenters. The summed E-state index contributed by atoms with van der Waals surface area (Å²) in [5.41, 5.74) is 8.76. The Bertz CT molecular complexity index is 562. The summed E-state index contributed by atoms with van der Waals surface area (Å²) in [4.78, 5) is 23.5.